The van der Waals surface area contributed by atoms with Gasteiger partial charge in [-0.25, -0.2) is 0 Å². The van der Waals surface area contributed by atoms with E-state index in [0.717, 1.165) is 46.4 Å². The number of aliphatic hydroxyl groups is 1. The summed E-state index contributed by atoms with van der Waals surface area (Å²) in [6.45, 7) is 6.62. The molecule has 0 radical (unpaired) electrons. The smallest absolute Gasteiger partial charge is 0.0319 e. The molecule has 0 spiro atoms. The number of aliphatic hydroxyl groups excluding tert-OH is 1. The summed E-state index contributed by atoms with van der Waals surface area (Å²) in [6.07, 6.45) is 3.65. The average molecular weight is 287 g/mol. The normalized spacial score (nSPS) is 18.4. The van der Waals surface area contributed by atoms with Crippen LogP contribution in [-0.4, -0.2) is 51.5 Å². The van der Waals surface area contributed by atoms with Crippen LogP contribution < -0.4 is 10.6 Å². The molecule has 1 aliphatic rings. The maximum Gasteiger partial charge on any atom is 0.0319 e. The molecular formula is C10H25ClN3OTi-. The standard InChI is InChI=1S/C9H20N3.CH4O.ClH.Ti/c1-4-10-6-2-8-12-9-3-7-11-5-1;1-2;;/h10-11H,1-9H2;2H,1H3;1H;/q-1;;;. The van der Waals surface area contributed by atoms with Gasteiger partial charge in [0.25, 0.3) is 0 Å². The molecule has 0 aromatic heterocycles. The van der Waals surface area contributed by atoms with E-state index in [1.807, 2.05) is 0 Å². The molecule has 0 aliphatic carbocycles. The van der Waals surface area contributed by atoms with Crippen LogP contribution >= 0.6 is 12.4 Å². The summed E-state index contributed by atoms with van der Waals surface area (Å²) in [5.41, 5.74) is 0. The van der Waals surface area contributed by atoms with Crippen molar-refractivity contribution >= 4 is 12.4 Å². The van der Waals surface area contributed by atoms with Crippen LogP contribution in [0.3, 0.4) is 0 Å². The fraction of sp³-hybridized carbons (Fsp3) is 1.00. The zero-order valence-corrected chi connectivity index (χ0v) is 12.5. The molecule has 1 heterocycles. The van der Waals surface area contributed by atoms with E-state index in [9.17, 15) is 0 Å². The van der Waals surface area contributed by atoms with E-state index in [2.05, 4.69) is 16.0 Å². The first-order valence-corrected chi connectivity index (χ1v) is 5.49. The second-order valence-corrected chi connectivity index (χ2v) is 3.23. The summed E-state index contributed by atoms with van der Waals surface area (Å²) in [4.78, 5) is 0. The van der Waals surface area contributed by atoms with Crippen LogP contribution in [0.5, 0.6) is 0 Å². The summed E-state index contributed by atoms with van der Waals surface area (Å²) < 4.78 is 0. The summed E-state index contributed by atoms with van der Waals surface area (Å²) in [6, 6.07) is 0. The third-order valence-electron chi connectivity index (χ3n) is 2.05. The van der Waals surface area contributed by atoms with Gasteiger partial charge in [0, 0.05) is 28.8 Å². The van der Waals surface area contributed by atoms with Gasteiger partial charge in [-0.05, 0) is 32.6 Å². The second kappa shape index (κ2) is 21.2. The van der Waals surface area contributed by atoms with Crippen LogP contribution in [0.4, 0.5) is 0 Å². The first-order chi connectivity index (χ1) is 7.00. The Morgan fingerprint density at radius 2 is 1.19 bits per heavy atom. The van der Waals surface area contributed by atoms with Crippen molar-refractivity contribution in [2.24, 2.45) is 0 Å². The van der Waals surface area contributed by atoms with Crippen LogP contribution in [0.25, 0.3) is 5.32 Å². The fourth-order valence-corrected chi connectivity index (χ4v) is 1.33. The van der Waals surface area contributed by atoms with Crippen molar-refractivity contribution in [3.63, 3.8) is 0 Å². The Hall–Kier alpha value is 0.844. The third-order valence-corrected chi connectivity index (χ3v) is 2.05. The molecule has 3 N–H and O–H groups in total. The Morgan fingerprint density at radius 1 is 0.812 bits per heavy atom. The van der Waals surface area contributed by atoms with Crippen molar-refractivity contribution in [3.8, 4) is 0 Å². The monoisotopic (exact) mass is 286 g/mol. The average Bonchev–Trinajstić information content (AvgIpc) is 2.22. The van der Waals surface area contributed by atoms with Gasteiger partial charge in [0.05, 0.1) is 0 Å². The van der Waals surface area contributed by atoms with Crippen molar-refractivity contribution in [1.29, 1.82) is 0 Å². The van der Waals surface area contributed by atoms with Crippen molar-refractivity contribution < 1.29 is 26.8 Å². The molecule has 0 bridgehead atoms. The van der Waals surface area contributed by atoms with Crippen molar-refractivity contribution in [3.05, 3.63) is 5.32 Å². The molecule has 16 heavy (non-hydrogen) atoms. The number of nitrogens with one attached hydrogen (secondary N) is 2. The Morgan fingerprint density at radius 3 is 1.62 bits per heavy atom. The fourth-order valence-electron chi connectivity index (χ4n) is 1.33. The van der Waals surface area contributed by atoms with Gasteiger partial charge in [-0.2, -0.15) is 0 Å². The third kappa shape index (κ3) is 17.2. The molecule has 0 aromatic rings. The van der Waals surface area contributed by atoms with Crippen LogP contribution in [0.1, 0.15) is 19.3 Å². The minimum Gasteiger partial charge on any atom is -0.662 e. The topological polar surface area (TPSA) is 58.4 Å². The molecule has 6 heteroatoms. The molecule has 98 valence electrons. The number of hydrogen-bond acceptors (Lipinski definition) is 3. The van der Waals surface area contributed by atoms with E-state index in [1.54, 1.807) is 0 Å². The maximum absolute atomic E-state index is 7.00. The van der Waals surface area contributed by atoms with Crippen molar-refractivity contribution in [1.82, 2.24) is 10.6 Å². The Balaban J connectivity index is -0.000000399. The second-order valence-electron chi connectivity index (χ2n) is 3.23. The summed E-state index contributed by atoms with van der Waals surface area (Å²) in [5.74, 6) is 0. The summed E-state index contributed by atoms with van der Waals surface area (Å²) in [7, 11) is 1.00. The van der Waals surface area contributed by atoms with Gasteiger partial charge in [0.1, 0.15) is 0 Å². The molecular weight excluding hydrogens is 261 g/mol. The number of nitrogens with zero attached hydrogens (tertiary/aromatic N) is 1. The molecule has 1 aliphatic heterocycles. The molecule has 0 unspecified atom stereocenters. The van der Waals surface area contributed by atoms with Gasteiger partial charge in [-0.1, -0.05) is 12.8 Å². The SMILES string of the molecule is C1C[N-]CCCNCCCNC1.CO.Cl.[Ti]. The molecule has 1 saturated heterocycles. The van der Waals surface area contributed by atoms with Crippen LogP contribution in [0, 0.1) is 0 Å². The van der Waals surface area contributed by atoms with Gasteiger partial charge in [0.2, 0.25) is 0 Å². The zero-order valence-electron chi connectivity index (χ0n) is 10.2. The quantitative estimate of drug-likeness (QED) is 0.576. The molecule has 0 aromatic carbocycles. The zero-order chi connectivity index (χ0) is 10.5. The van der Waals surface area contributed by atoms with Gasteiger partial charge in [0.15, 0.2) is 0 Å². The minimum absolute atomic E-state index is 0. The Bertz CT molecular complexity index is 69.0. The largest absolute Gasteiger partial charge is 0.662 e. The van der Waals surface area contributed by atoms with E-state index < -0.39 is 0 Å². The number of hydrogen-bond donors (Lipinski definition) is 3. The van der Waals surface area contributed by atoms with E-state index in [4.69, 9.17) is 5.11 Å². The van der Waals surface area contributed by atoms with Crippen molar-refractivity contribution in [2.45, 2.75) is 19.3 Å². The van der Waals surface area contributed by atoms with Gasteiger partial charge < -0.3 is 21.1 Å². The van der Waals surface area contributed by atoms with E-state index >= 15 is 0 Å². The summed E-state index contributed by atoms with van der Waals surface area (Å²) in [5, 5.41) is 18.2. The first-order valence-electron chi connectivity index (χ1n) is 5.49. The van der Waals surface area contributed by atoms with Crippen LogP contribution in [0.2, 0.25) is 0 Å². The Labute approximate surface area is 121 Å². The van der Waals surface area contributed by atoms with Gasteiger partial charge in [-0.15, -0.1) is 25.5 Å². The number of rotatable bonds is 0. The Kier molecular flexibility index (Phi) is 29.2. The van der Waals surface area contributed by atoms with E-state index in [0.29, 0.717) is 0 Å². The molecule has 4 nitrogen and oxygen atoms in total. The van der Waals surface area contributed by atoms with Crippen LogP contribution in [0.15, 0.2) is 0 Å². The molecule has 0 atom stereocenters. The van der Waals surface area contributed by atoms with Gasteiger partial charge in [-0.3, -0.25) is 0 Å². The predicted octanol–water partition coefficient (Wildman–Crippen LogP) is 0.751. The van der Waals surface area contributed by atoms with Gasteiger partial charge >= 0.3 is 0 Å². The summed E-state index contributed by atoms with van der Waals surface area (Å²) >= 11 is 0. The first kappa shape index (κ1) is 22.1. The molecule has 0 saturated carbocycles. The minimum atomic E-state index is 0. The molecule has 0 amide bonds. The van der Waals surface area contributed by atoms with Crippen molar-refractivity contribution in [2.75, 3.05) is 46.4 Å². The van der Waals surface area contributed by atoms with E-state index in [-0.39, 0.29) is 34.1 Å². The predicted molar refractivity (Wildman–Crippen MR) is 68.1 cm³/mol. The number of halogens is 1. The molecule has 1 fully saturated rings. The van der Waals surface area contributed by atoms with E-state index in [1.165, 1.54) is 19.3 Å². The molecule has 1 rings (SSSR count). The maximum atomic E-state index is 7.00. The van der Waals surface area contributed by atoms with Crippen LogP contribution in [-0.2, 0) is 21.7 Å².